The van der Waals surface area contributed by atoms with Gasteiger partial charge in [-0.1, -0.05) is 36.5 Å². The zero-order valence-electron chi connectivity index (χ0n) is 16.5. The summed E-state index contributed by atoms with van der Waals surface area (Å²) < 4.78 is 5.17. The lowest BCUT2D eigenvalue weighted by molar-refractivity contribution is -0.120. The third-order valence-electron chi connectivity index (χ3n) is 4.55. The van der Waals surface area contributed by atoms with Crippen LogP contribution >= 0.6 is 23.2 Å². The fraction of sp³-hybridized carbons (Fsp3) is 0.227. The van der Waals surface area contributed by atoms with Crippen molar-refractivity contribution in [3.05, 3.63) is 69.3 Å². The fourth-order valence-electron chi connectivity index (χ4n) is 2.93. The van der Waals surface area contributed by atoms with Gasteiger partial charge in [0.15, 0.2) is 0 Å². The molecule has 8 heteroatoms. The van der Waals surface area contributed by atoms with Crippen LogP contribution in [0.4, 0.5) is 11.4 Å². The van der Waals surface area contributed by atoms with Crippen molar-refractivity contribution < 1.29 is 19.1 Å². The number of unbranched alkanes of at least 4 members (excludes halogenated alkanes) is 1. The summed E-state index contributed by atoms with van der Waals surface area (Å²) in [6.45, 7) is 4.13. The number of carbonyl (C=O) groups is 3. The topological polar surface area (TPSA) is 75.7 Å². The maximum Gasteiger partial charge on any atom is 0.338 e. The van der Waals surface area contributed by atoms with Crippen LogP contribution in [-0.4, -0.2) is 24.4 Å². The summed E-state index contributed by atoms with van der Waals surface area (Å²) >= 11 is 12.1. The summed E-state index contributed by atoms with van der Waals surface area (Å²) in [5.74, 6) is -1.60. The van der Waals surface area contributed by atoms with Gasteiger partial charge >= 0.3 is 5.97 Å². The molecule has 0 spiro atoms. The van der Waals surface area contributed by atoms with Crippen molar-refractivity contribution in [1.82, 2.24) is 0 Å². The molecule has 0 fully saturated rings. The van der Waals surface area contributed by atoms with Crippen molar-refractivity contribution in [1.29, 1.82) is 0 Å². The molecule has 2 amide bonds. The van der Waals surface area contributed by atoms with Crippen LogP contribution in [0.5, 0.6) is 0 Å². The Morgan fingerprint density at radius 1 is 1.07 bits per heavy atom. The van der Waals surface area contributed by atoms with Crippen LogP contribution in [0.15, 0.2) is 53.2 Å². The van der Waals surface area contributed by atoms with Gasteiger partial charge in [0, 0.05) is 10.7 Å². The van der Waals surface area contributed by atoms with Gasteiger partial charge in [-0.25, -0.2) is 9.69 Å². The molecule has 0 bridgehead atoms. The number of nitrogens with zero attached hydrogens (tertiary/aromatic N) is 1. The number of amides is 2. The molecule has 0 saturated heterocycles. The van der Waals surface area contributed by atoms with Crippen molar-refractivity contribution in [2.45, 2.75) is 26.7 Å². The highest BCUT2D eigenvalue weighted by Gasteiger charge is 2.39. The number of hydrogen-bond acceptors (Lipinski definition) is 5. The molecule has 1 aliphatic rings. The third-order valence-corrected chi connectivity index (χ3v) is 5.13. The Morgan fingerprint density at radius 3 is 2.40 bits per heavy atom. The number of rotatable bonds is 7. The van der Waals surface area contributed by atoms with Crippen LogP contribution in [-0.2, 0) is 14.3 Å². The quantitative estimate of drug-likeness (QED) is 0.366. The number of ether oxygens (including phenoxy) is 1. The van der Waals surface area contributed by atoms with E-state index in [1.807, 2.05) is 6.92 Å². The number of aryl methyl sites for hydroxylation is 1. The molecule has 0 aliphatic carbocycles. The van der Waals surface area contributed by atoms with Crippen LogP contribution in [0.3, 0.4) is 0 Å². The number of carbonyl (C=O) groups excluding carboxylic acids is 3. The Morgan fingerprint density at radius 2 is 1.77 bits per heavy atom. The van der Waals surface area contributed by atoms with E-state index >= 15 is 0 Å². The molecule has 1 heterocycles. The van der Waals surface area contributed by atoms with Crippen LogP contribution in [0.2, 0.25) is 5.02 Å². The van der Waals surface area contributed by atoms with Gasteiger partial charge < -0.3 is 10.1 Å². The van der Waals surface area contributed by atoms with Gasteiger partial charge in [-0.15, -0.1) is 0 Å². The maximum absolute atomic E-state index is 12.9. The molecule has 3 rings (SSSR count). The normalized spacial score (nSPS) is 13.8. The lowest BCUT2D eigenvalue weighted by atomic mass is 10.2. The van der Waals surface area contributed by atoms with Crippen molar-refractivity contribution in [2.75, 3.05) is 16.8 Å². The molecule has 2 aromatic carbocycles. The van der Waals surface area contributed by atoms with E-state index in [-0.39, 0.29) is 10.7 Å². The lowest BCUT2D eigenvalue weighted by Crippen LogP contribution is -2.32. The summed E-state index contributed by atoms with van der Waals surface area (Å²) in [6.07, 6.45) is 1.74. The second-order valence-corrected chi connectivity index (χ2v) is 7.57. The molecule has 0 saturated carbocycles. The monoisotopic (exact) mass is 446 g/mol. The Kier molecular flexibility index (Phi) is 6.80. The highest BCUT2D eigenvalue weighted by Crippen LogP contribution is 2.33. The predicted molar refractivity (Wildman–Crippen MR) is 117 cm³/mol. The largest absolute Gasteiger partial charge is 0.462 e. The number of halogens is 2. The molecular weight excluding hydrogens is 427 g/mol. The summed E-state index contributed by atoms with van der Waals surface area (Å²) in [5, 5.41) is 3.17. The van der Waals surface area contributed by atoms with Gasteiger partial charge in [0.2, 0.25) is 0 Å². The Bertz CT molecular complexity index is 1030. The zero-order valence-corrected chi connectivity index (χ0v) is 18.0. The molecule has 156 valence electrons. The number of imide groups is 1. The molecule has 6 nitrogen and oxygen atoms in total. The average molecular weight is 447 g/mol. The summed E-state index contributed by atoms with van der Waals surface area (Å²) in [4.78, 5) is 38.5. The molecule has 1 N–H and O–H groups in total. The Balaban J connectivity index is 1.76. The minimum Gasteiger partial charge on any atom is -0.462 e. The molecule has 0 aromatic heterocycles. The van der Waals surface area contributed by atoms with Crippen molar-refractivity contribution in [2.24, 2.45) is 0 Å². The minimum atomic E-state index is -0.620. The molecule has 0 unspecified atom stereocenters. The smallest absolute Gasteiger partial charge is 0.338 e. The van der Waals surface area contributed by atoms with Crippen LogP contribution in [0.25, 0.3) is 0 Å². The summed E-state index contributed by atoms with van der Waals surface area (Å²) in [6, 6.07) is 11.2. The predicted octanol–water partition coefficient (Wildman–Crippen LogP) is 5.04. The molecular formula is C22H20Cl2N2O4. The van der Waals surface area contributed by atoms with E-state index in [2.05, 4.69) is 5.32 Å². The number of benzene rings is 2. The first kappa shape index (κ1) is 21.9. The van der Waals surface area contributed by atoms with Gasteiger partial charge in [-0.3, -0.25) is 9.59 Å². The van der Waals surface area contributed by atoms with Crippen LogP contribution in [0, 0.1) is 6.92 Å². The van der Waals surface area contributed by atoms with Crippen molar-refractivity contribution in [3.8, 4) is 0 Å². The van der Waals surface area contributed by atoms with Gasteiger partial charge in [0.1, 0.15) is 10.7 Å². The molecule has 1 aliphatic heterocycles. The van der Waals surface area contributed by atoms with E-state index in [0.29, 0.717) is 34.1 Å². The van der Waals surface area contributed by atoms with E-state index in [1.165, 1.54) is 0 Å². The molecule has 0 atom stereocenters. The highest BCUT2D eigenvalue weighted by atomic mass is 35.5. The Hall–Kier alpha value is -2.83. The third kappa shape index (κ3) is 4.50. The molecule has 0 radical (unpaired) electrons. The number of anilines is 2. The van der Waals surface area contributed by atoms with Crippen LogP contribution in [0.1, 0.15) is 35.7 Å². The average Bonchev–Trinajstić information content (AvgIpc) is 2.92. The van der Waals surface area contributed by atoms with Crippen molar-refractivity contribution in [3.63, 3.8) is 0 Å². The van der Waals surface area contributed by atoms with Gasteiger partial charge in [-0.2, -0.15) is 0 Å². The van der Waals surface area contributed by atoms with E-state index < -0.39 is 17.8 Å². The number of esters is 1. The first-order valence-electron chi connectivity index (χ1n) is 9.42. The molecule has 30 heavy (non-hydrogen) atoms. The first-order chi connectivity index (χ1) is 14.3. The van der Waals surface area contributed by atoms with Gasteiger partial charge in [-0.05, 0) is 61.4 Å². The van der Waals surface area contributed by atoms with E-state index in [0.717, 1.165) is 17.7 Å². The first-order valence-corrected chi connectivity index (χ1v) is 10.2. The lowest BCUT2D eigenvalue weighted by Gasteiger charge is -2.17. The second kappa shape index (κ2) is 9.32. The van der Waals surface area contributed by atoms with E-state index in [9.17, 15) is 14.4 Å². The SMILES string of the molecule is CCCCOC(=O)c1ccc(NC2=C(Cl)C(=O)N(c3ccc(Cl)cc3C)C2=O)cc1. The van der Waals surface area contributed by atoms with E-state index in [1.54, 1.807) is 49.4 Å². The summed E-state index contributed by atoms with van der Waals surface area (Å²) in [5.41, 5.74) is 1.94. The number of nitrogens with one attached hydrogen (secondary N) is 1. The summed E-state index contributed by atoms with van der Waals surface area (Å²) in [7, 11) is 0. The maximum atomic E-state index is 12.9. The highest BCUT2D eigenvalue weighted by molar-refractivity contribution is 6.53. The van der Waals surface area contributed by atoms with Crippen LogP contribution < -0.4 is 10.2 Å². The van der Waals surface area contributed by atoms with Gasteiger partial charge in [0.25, 0.3) is 11.8 Å². The minimum absolute atomic E-state index is 0.0331. The number of hydrogen-bond donors (Lipinski definition) is 1. The standard InChI is InChI=1S/C22H20Cl2N2O4/c1-3-4-11-30-22(29)14-5-8-16(9-6-14)25-19-18(24)20(27)26(21(19)28)17-10-7-15(23)12-13(17)2/h5-10,12,25H,3-4,11H2,1-2H3. The second-order valence-electron chi connectivity index (χ2n) is 6.76. The zero-order chi connectivity index (χ0) is 21.8. The van der Waals surface area contributed by atoms with Crippen molar-refractivity contribution >= 4 is 52.4 Å². The Labute approximate surface area is 184 Å². The van der Waals surface area contributed by atoms with Gasteiger partial charge in [0.05, 0.1) is 17.9 Å². The fourth-order valence-corrected chi connectivity index (χ4v) is 3.37. The van der Waals surface area contributed by atoms with E-state index in [4.69, 9.17) is 27.9 Å². The molecule has 2 aromatic rings.